The van der Waals surface area contributed by atoms with Crippen molar-refractivity contribution >= 4 is 15.9 Å². The van der Waals surface area contributed by atoms with E-state index in [2.05, 4.69) is 39.7 Å². The van der Waals surface area contributed by atoms with Crippen LogP contribution in [0.15, 0.2) is 34.8 Å². The number of hydrogen-bond acceptors (Lipinski definition) is 2. The average Bonchev–Trinajstić information content (AvgIpc) is 2.28. The smallest absolute Gasteiger partial charge is 0.159 e. The molecule has 2 aromatic rings. The Morgan fingerprint density at radius 1 is 1.12 bits per heavy atom. The SMILES string of the molecule is Cc1cc(C(C)C)nc(-c2cccc(Br)c2)n1. The number of aromatic nitrogens is 2. The van der Waals surface area contributed by atoms with E-state index >= 15 is 0 Å². The lowest BCUT2D eigenvalue weighted by atomic mass is 10.1. The maximum atomic E-state index is 4.61. The fourth-order valence-corrected chi connectivity index (χ4v) is 2.04. The van der Waals surface area contributed by atoms with E-state index in [1.54, 1.807) is 0 Å². The first-order valence-electron chi connectivity index (χ1n) is 5.68. The highest BCUT2D eigenvalue weighted by atomic mass is 79.9. The highest BCUT2D eigenvalue weighted by Gasteiger charge is 2.07. The molecule has 2 rings (SSSR count). The first kappa shape index (κ1) is 12.2. The Morgan fingerprint density at radius 2 is 1.88 bits per heavy atom. The number of hydrogen-bond donors (Lipinski definition) is 0. The average molecular weight is 291 g/mol. The van der Waals surface area contributed by atoms with Crippen LogP contribution in [0.5, 0.6) is 0 Å². The van der Waals surface area contributed by atoms with Crippen molar-refractivity contribution in [3.05, 3.63) is 46.2 Å². The van der Waals surface area contributed by atoms with Gasteiger partial charge in [0.25, 0.3) is 0 Å². The van der Waals surface area contributed by atoms with Crippen molar-refractivity contribution in [1.82, 2.24) is 9.97 Å². The summed E-state index contributed by atoms with van der Waals surface area (Å²) in [6.07, 6.45) is 0. The molecule has 2 nitrogen and oxygen atoms in total. The maximum absolute atomic E-state index is 4.61. The Hall–Kier alpha value is -1.22. The summed E-state index contributed by atoms with van der Waals surface area (Å²) in [6.45, 7) is 6.30. The summed E-state index contributed by atoms with van der Waals surface area (Å²) in [4.78, 5) is 9.11. The van der Waals surface area contributed by atoms with Gasteiger partial charge in [0.2, 0.25) is 0 Å². The number of halogens is 1. The molecule has 0 aliphatic heterocycles. The second kappa shape index (κ2) is 4.96. The van der Waals surface area contributed by atoms with E-state index in [0.29, 0.717) is 5.92 Å². The molecule has 0 N–H and O–H groups in total. The molecule has 1 heterocycles. The molecule has 0 bridgehead atoms. The number of benzene rings is 1. The molecule has 1 aromatic carbocycles. The van der Waals surface area contributed by atoms with E-state index in [-0.39, 0.29) is 0 Å². The molecule has 0 aliphatic carbocycles. The summed E-state index contributed by atoms with van der Waals surface area (Å²) in [5.74, 6) is 1.22. The van der Waals surface area contributed by atoms with Crippen molar-refractivity contribution in [3.63, 3.8) is 0 Å². The summed E-state index contributed by atoms with van der Waals surface area (Å²) in [5, 5.41) is 0. The molecule has 0 spiro atoms. The molecule has 0 saturated carbocycles. The molecule has 88 valence electrons. The summed E-state index contributed by atoms with van der Waals surface area (Å²) in [6, 6.07) is 10.1. The van der Waals surface area contributed by atoms with Gasteiger partial charge in [0.05, 0.1) is 0 Å². The van der Waals surface area contributed by atoms with Gasteiger partial charge in [-0.1, -0.05) is 41.9 Å². The van der Waals surface area contributed by atoms with Gasteiger partial charge >= 0.3 is 0 Å². The fraction of sp³-hybridized carbons (Fsp3) is 0.286. The van der Waals surface area contributed by atoms with Crippen LogP contribution in [0, 0.1) is 6.92 Å². The summed E-state index contributed by atoms with van der Waals surface area (Å²) >= 11 is 3.47. The van der Waals surface area contributed by atoms with E-state index in [9.17, 15) is 0 Å². The minimum atomic E-state index is 0.419. The van der Waals surface area contributed by atoms with Gasteiger partial charge in [0.1, 0.15) is 0 Å². The third-order valence-electron chi connectivity index (χ3n) is 2.55. The quantitative estimate of drug-likeness (QED) is 0.822. The van der Waals surface area contributed by atoms with E-state index in [0.717, 1.165) is 27.2 Å². The van der Waals surface area contributed by atoms with E-state index in [1.807, 2.05) is 37.3 Å². The van der Waals surface area contributed by atoms with Crippen molar-refractivity contribution in [1.29, 1.82) is 0 Å². The Labute approximate surface area is 110 Å². The van der Waals surface area contributed by atoms with Crippen LogP contribution in [0.2, 0.25) is 0 Å². The maximum Gasteiger partial charge on any atom is 0.159 e. The Bertz CT molecular complexity index is 535. The molecule has 0 radical (unpaired) electrons. The van der Waals surface area contributed by atoms with Crippen LogP contribution in [0.3, 0.4) is 0 Å². The molecule has 0 saturated heterocycles. The third-order valence-corrected chi connectivity index (χ3v) is 3.04. The summed E-state index contributed by atoms with van der Waals surface area (Å²) in [5.41, 5.74) is 3.15. The predicted octanol–water partition coefficient (Wildman–Crippen LogP) is 4.34. The monoisotopic (exact) mass is 290 g/mol. The van der Waals surface area contributed by atoms with Gasteiger partial charge in [-0.3, -0.25) is 0 Å². The highest BCUT2D eigenvalue weighted by Crippen LogP contribution is 2.22. The topological polar surface area (TPSA) is 25.8 Å². The van der Waals surface area contributed by atoms with Crippen LogP contribution in [-0.4, -0.2) is 9.97 Å². The second-order valence-corrected chi connectivity index (χ2v) is 5.34. The van der Waals surface area contributed by atoms with Crippen molar-refractivity contribution < 1.29 is 0 Å². The highest BCUT2D eigenvalue weighted by molar-refractivity contribution is 9.10. The van der Waals surface area contributed by atoms with Gasteiger partial charge < -0.3 is 0 Å². The molecule has 1 aromatic heterocycles. The first-order valence-corrected chi connectivity index (χ1v) is 6.47. The van der Waals surface area contributed by atoms with Crippen LogP contribution >= 0.6 is 15.9 Å². The molecule has 0 atom stereocenters. The second-order valence-electron chi connectivity index (χ2n) is 4.42. The van der Waals surface area contributed by atoms with Crippen LogP contribution in [0.25, 0.3) is 11.4 Å². The van der Waals surface area contributed by atoms with Crippen LogP contribution in [0.1, 0.15) is 31.2 Å². The Kier molecular flexibility index (Phi) is 3.57. The lowest BCUT2D eigenvalue weighted by molar-refractivity contribution is 0.812. The van der Waals surface area contributed by atoms with E-state index in [4.69, 9.17) is 0 Å². The van der Waals surface area contributed by atoms with Gasteiger partial charge in [-0.15, -0.1) is 0 Å². The molecular formula is C14H15BrN2. The van der Waals surface area contributed by atoms with Crippen LogP contribution in [-0.2, 0) is 0 Å². The zero-order chi connectivity index (χ0) is 12.4. The standard InChI is InChI=1S/C14H15BrN2/c1-9(2)13-7-10(3)16-14(17-13)11-5-4-6-12(15)8-11/h4-9H,1-3H3. The van der Waals surface area contributed by atoms with Gasteiger partial charge in [0.15, 0.2) is 5.82 Å². The molecular weight excluding hydrogens is 276 g/mol. The fourth-order valence-electron chi connectivity index (χ4n) is 1.65. The molecule has 17 heavy (non-hydrogen) atoms. The largest absolute Gasteiger partial charge is 0.233 e. The zero-order valence-electron chi connectivity index (χ0n) is 10.2. The van der Waals surface area contributed by atoms with Crippen LogP contribution < -0.4 is 0 Å². The van der Waals surface area contributed by atoms with Crippen LogP contribution in [0.4, 0.5) is 0 Å². The lowest BCUT2D eigenvalue weighted by Gasteiger charge is -2.08. The van der Waals surface area contributed by atoms with E-state index in [1.165, 1.54) is 0 Å². The normalized spacial score (nSPS) is 10.9. The minimum absolute atomic E-state index is 0.419. The Balaban J connectivity index is 2.52. The molecule has 3 heteroatoms. The first-order chi connectivity index (χ1) is 8.06. The summed E-state index contributed by atoms with van der Waals surface area (Å²) in [7, 11) is 0. The number of nitrogens with zero attached hydrogens (tertiary/aromatic N) is 2. The molecule has 0 amide bonds. The van der Waals surface area contributed by atoms with Gasteiger partial charge in [-0.05, 0) is 31.0 Å². The van der Waals surface area contributed by atoms with Crippen molar-refractivity contribution in [2.24, 2.45) is 0 Å². The van der Waals surface area contributed by atoms with Crippen molar-refractivity contribution in [2.75, 3.05) is 0 Å². The van der Waals surface area contributed by atoms with Crippen molar-refractivity contribution in [3.8, 4) is 11.4 Å². The molecule has 0 aliphatic rings. The van der Waals surface area contributed by atoms with Gasteiger partial charge in [0, 0.05) is 21.4 Å². The number of aryl methyl sites for hydroxylation is 1. The molecule has 0 fully saturated rings. The zero-order valence-corrected chi connectivity index (χ0v) is 11.8. The van der Waals surface area contributed by atoms with Gasteiger partial charge in [-0.25, -0.2) is 9.97 Å². The predicted molar refractivity (Wildman–Crippen MR) is 74.0 cm³/mol. The third kappa shape index (κ3) is 2.91. The Morgan fingerprint density at radius 3 is 2.53 bits per heavy atom. The van der Waals surface area contributed by atoms with Gasteiger partial charge in [-0.2, -0.15) is 0 Å². The summed E-state index contributed by atoms with van der Waals surface area (Å²) < 4.78 is 1.05. The minimum Gasteiger partial charge on any atom is -0.233 e. The van der Waals surface area contributed by atoms with Crippen molar-refractivity contribution in [2.45, 2.75) is 26.7 Å². The molecule has 0 unspecified atom stereocenters. The number of rotatable bonds is 2. The lowest BCUT2D eigenvalue weighted by Crippen LogP contribution is -1.99. The van der Waals surface area contributed by atoms with E-state index < -0.39 is 0 Å².